The first-order valence-corrected chi connectivity index (χ1v) is 5.49. The van der Waals surface area contributed by atoms with Gasteiger partial charge in [0.25, 0.3) is 0 Å². The Morgan fingerprint density at radius 2 is 1.72 bits per heavy atom. The average Bonchev–Trinajstić information content (AvgIpc) is 2.39. The van der Waals surface area contributed by atoms with Gasteiger partial charge in [0.2, 0.25) is 5.91 Å². The fourth-order valence-corrected chi connectivity index (χ4v) is 1.49. The molecule has 0 saturated heterocycles. The van der Waals surface area contributed by atoms with Gasteiger partial charge in [0, 0.05) is 13.0 Å². The van der Waals surface area contributed by atoms with Crippen LogP contribution in [-0.4, -0.2) is 11.1 Å². The molecule has 4 heteroatoms. The first-order chi connectivity index (χ1) is 8.66. The Balaban J connectivity index is 2.20. The standard InChI is InChI=1S/C14H13NO3/c1-11(16)15(17)12-6-5-9-14(10-12)18-13-7-3-2-4-8-13/h2-10,17H,1H3. The summed E-state index contributed by atoms with van der Waals surface area (Å²) < 4.78 is 5.60. The van der Waals surface area contributed by atoms with E-state index in [0.717, 1.165) is 0 Å². The highest BCUT2D eigenvalue weighted by molar-refractivity contribution is 5.89. The van der Waals surface area contributed by atoms with Gasteiger partial charge in [-0.2, -0.15) is 5.06 Å². The van der Waals surface area contributed by atoms with E-state index in [9.17, 15) is 10.0 Å². The maximum absolute atomic E-state index is 11.0. The molecule has 92 valence electrons. The second-order valence-corrected chi connectivity index (χ2v) is 3.74. The van der Waals surface area contributed by atoms with Crippen molar-refractivity contribution in [3.63, 3.8) is 0 Å². The Morgan fingerprint density at radius 3 is 2.39 bits per heavy atom. The maximum atomic E-state index is 11.0. The van der Waals surface area contributed by atoms with Gasteiger partial charge in [0.1, 0.15) is 11.5 Å². The molecule has 0 aliphatic rings. The van der Waals surface area contributed by atoms with E-state index >= 15 is 0 Å². The van der Waals surface area contributed by atoms with Crippen molar-refractivity contribution in [2.45, 2.75) is 6.92 Å². The van der Waals surface area contributed by atoms with Crippen molar-refractivity contribution in [1.82, 2.24) is 0 Å². The molecule has 0 aromatic heterocycles. The summed E-state index contributed by atoms with van der Waals surface area (Å²) in [4.78, 5) is 11.0. The molecule has 2 aromatic carbocycles. The molecule has 0 saturated carbocycles. The second kappa shape index (κ2) is 5.33. The van der Waals surface area contributed by atoms with Crippen LogP contribution in [0.3, 0.4) is 0 Å². The van der Waals surface area contributed by atoms with Crippen molar-refractivity contribution >= 4 is 11.6 Å². The molecule has 0 bridgehead atoms. The molecule has 0 spiro atoms. The summed E-state index contributed by atoms with van der Waals surface area (Å²) in [5, 5.41) is 10.1. The van der Waals surface area contributed by atoms with Gasteiger partial charge in [0.15, 0.2) is 0 Å². The molecule has 0 heterocycles. The first kappa shape index (κ1) is 12.1. The number of benzene rings is 2. The van der Waals surface area contributed by atoms with Crippen LogP contribution in [0.5, 0.6) is 11.5 Å². The van der Waals surface area contributed by atoms with Gasteiger partial charge < -0.3 is 4.74 Å². The number of anilines is 1. The van der Waals surface area contributed by atoms with Gasteiger partial charge in [-0.25, -0.2) is 0 Å². The molecule has 1 N–H and O–H groups in total. The minimum absolute atomic E-state index is 0.371. The summed E-state index contributed by atoms with van der Waals surface area (Å²) in [6.45, 7) is 1.28. The quantitative estimate of drug-likeness (QED) is 0.665. The number of amides is 1. The third-order valence-corrected chi connectivity index (χ3v) is 2.34. The van der Waals surface area contributed by atoms with Crippen molar-refractivity contribution in [2.24, 2.45) is 0 Å². The Hall–Kier alpha value is -2.33. The lowest BCUT2D eigenvalue weighted by Gasteiger charge is -2.13. The van der Waals surface area contributed by atoms with E-state index in [1.54, 1.807) is 24.3 Å². The normalized spacial score (nSPS) is 9.89. The second-order valence-electron chi connectivity index (χ2n) is 3.74. The molecule has 18 heavy (non-hydrogen) atoms. The summed E-state index contributed by atoms with van der Waals surface area (Å²) in [5.41, 5.74) is 0.371. The lowest BCUT2D eigenvalue weighted by Crippen LogP contribution is -2.23. The van der Waals surface area contributed by atoms with Crippen LogP contribution in [0.15, 0.2) is 54.6 Å². The Bertz CT molecular complexity index is 540. The number of carbonyl (C=O) groups is 1. The van der Waals surface area contributed by atoms with Gasteiger partial charge in [-0.05, 0) is 24.3 Å². The van der Waals surface area contributed by atoms with Gasteiger partial charge >= 0.3 is 0 Å². The highest BCUT2D eigenvalue weighted by atomic mass is 16.5. The highest BCUT2D eigenvalue weighted by Crippen LogP contribution is 2.25. The SMILES string of the molecule is CC(=O)N(O)c1cccc(Oc2ccccc2)c1. The number of carbonyl (C=O) groups excluding carboxylic acids is 1. The number of hydrogen-bond donors (Lipinski definition) is 1. The van der Waals surface area contributed by atoms with Crippen LogP contribution in [0, 0.1) is 0 Å². The van der Waals surface area contributed by atoms with Crippen molar-refractivity contribution in [2.75, 3.05) is 5.06 Å². The topological polar surface area (TPSA) is 49.8 Å². The lowest BCUT2D eigenvalue weighted by atomic mass is 10.3. The highest BCUT2D eigenvalue weighted by Gasteiger charge is 2.08. The van der Waals surface area contributed by atoms with Crippen LogP contribution < -0.4 is 9.80 Å². The molecule has 1 amide bonds. The summed E-state index contributed by atoms with van der Waals surface area (Å²) in [7, 11) is 0. The largest absolute Gasteiger partial charge is 0.457 e. The van der Waals surface area contributed by atoms with Crippen molar-refractivity contribution in [3.05, 3.63) is 54.6 Å². The van der Waals surface area contributed by atoms with E-state index in [4.69, 9.17) is 4.74 Å². The molecular formula is C14H13NO3. The smallest absolute Gasteiger partial charge is 0.247 e. The number of ether oxygens (including phenoxy) is 1. The van der Waals surface area contributed by atoms with Crippen molar-refractivity contribution in [1.29, 1.82) is 0 Å². The predicted molar refractivity (Wildman–Crippen MR) is 67.9 cm³/mol. The number of hydrogen-bond acceptors (Lipinski definition) is 3. The van der Waals surface area contributed by atoms with Gasteiger partial charge in [-0.3, -0.25) is 10.0 Å². The van der Waals surface area contributed by atoms with Gasteiger partial charge in [-0.1, -0.05) is 24.3 Å². The molecule has 0 unspecified atom stereocenters. The van der Waals surface area contributed by atoms with Crippen molar-refractivity contribution < 1.29 is 14.7 Å². The van der Waals surface area contributed by atoms with Crippen LogP contribution in [0.25, 0.3) is 0 Å². The van der Waals surface area contributed by atoms with E-state index in [0.29, 0.717) is 22.2 Å². The number of hydroxylamine groups is 1. The molecule has 0 radical (unpaired) electrons. The molecule has 4 nitrogen and oxygen atoms in total. The molecular weight excluding hydrogens is 230 g/mol. The minimum Gasteiger partial charge on any atom is -0.457 e. The number of nitrogens with zero attached hydrogens (tertiary/aromatic N) is 1. The number of para-hydroxylation sites is 1. The van der Waals surface area contributed by atoms with Crippen LogP contribution >= 0.6 is 0 Å². The zero-order valence-electron chi connectivity index (χ0n) is 9.91. The van der Waals surface area contributed by atoms with E-state index in [1.165, 1.54) is 6.92 Å². The Kier molecular flexibility index (Phi) is 3.60. The molecule has 0 atom stereocenters. The Morgan fingerprint density at radius 1 is 1.06 bits per heavy atom. The van der Waals surface area contributed by atoms with Crippen LogP contribution in [0.4, 0.5) is 5.69 Å². The van der Waals surface area contributed by atoms with Crippen LogP contribution in [-0.2, 0) is 4.79 Å². The monoisotopic (exact) mass is 243 g/mol. The molecule has 0 aliphatic heterocycles. The molecule has 0 fully saturated rings. The van der Waals surface area contributed by atoms with Crippen LogP contribution in [0.2, 0.25) is 0 Å². The van der Waals surface area contributed by atoms with E-state index < -0.39 is 5.91 Å². The van der Waals surface area contributed by atoms with E-state index in [-0.39, 0.29) is 0 Å². The molecule has 2 rings (SSSR count). The van der Waals surface area contributed by atoms with Gasteiger partial charge in [-0.15, -0.1) is 0 Å². The molecule has 2 aromatic rings. The minimum atomic E-state index is -0.452. The summed E-state index contributed by atoms with van der Waals surface area (Å²) in [6.07, 6.45) is 0. The first-order valence-electron chi connectivity index (χ1n) is 5.49. The van der Waals surface area contributed by atoms with Crippen molar-refractivity contribution in [3.8, 4) is 11.5 Å². The summed E-state index contributed by atoms with van der Waals surface area (Å²) >= 11 is 0. The summed E-state index contributed by atoms with van der Waals surface area (Å²) in [6, 6.07) is 16.0. The zero-order valence-corrected chi connectivity index (χ0v) is 9.91. The third-order valence-electron chi connectivity index (χ3n) is 2.34. The Labute approximate surface area is 105 Å². The number of rotatable bonds is 3. The third kappa shape index (κ3) is 2.87. The average molecular weight is 243 g/mol. The maximum Gasteiger partial charge on any atom is 0.247 e. The van der Waals surface area contributed by atoms with E-state index in [2.05, 4.69) is 0 Å². The molecule has 0 aliphatic carbocycles. The summed E-state index contributed by atoms with van der Waals surface area (Å²) in [5.74, 6) is 0.799. The van der Waals surface area contributed by atoms with Gasteiger partial charge in [0.05, 0.1) is 5.69 Å². The van der Waals surface area contributed by atoms with Crippen LogP contribution in [0.1, 0.15) is 6.92 Å². The lowest BCUT2D eigenvalue weighted by molar-refractivity contribution is -0.121. The van der Waals surface area contributed by atoms with E-state index in [1.807, 2.05) is 30.3 Å². The fourth-order valence-electron chi connectivity index (χ4n) is 1.49. The zero-order chi connectivity index (χ0) is 13.0. The fraction of sp³-hybridized carbons (Fsp3) is 0.0714. The predicted octanol–water partition coefficient (Wildman–Crippen LogP) is 3.22.